The summed E-state index contributed by atoms with van der Waals surface area (Å²) < 4.78 is 6.49. The number of nitrogens with zero attached hydrogens (tertiary/aromatic N) is 2. The Morgan fingerprint density at radius 2 is 0.917 bits per heavy atom. The number of anilines is 3. The molecule has 0 unspecified atom stereocenters. The number of rotatable bonds is 6. The standard InChI is InChI=1S/C45H30N2O/c1-3-10-31(11-4-1)33-19-21-34(22-20-33)36-15-8-18-39(27-36)47(38-17-7-14-35(26-38)32-12-5-2-6-13-32)40-23-24-41-42-28-37-16-9-25-46-43(37)30-45(42)48-44(41)29-40/h1-30H. The normalized spacial score (nSPS) is 11.3. The van der Waals surface area contributed by atoms with E-state index in [1.165, 1.54) is 22.3 Å². The van der Waals surface area contributed by atoms with E-state index in [-0.39, 0.29) is 0 Å². The molecule has 0 fully saturated rings. The highest BCUT2D eigenvalue weighted by Crippen LogP contribution is 2.41. The van der Waals surface area contributed by atoms with Crippen molar-refractivity contribution in [1.82, 2.24) is 4.98 Å². The van der Waals surface area contributed by atoms with Crippen molar-refractivity contribution in [3.63, 3.8) is 0 Å². The Labute approximate surface area is 279 Å². The lowest BCUT2D eigenvalue weighted by Gasteiger charge is -2.26. The molecule has 9 aromatic rings. The SMILES string of the molecule is c1ccc(-c2ccc(-c3cccc(N(c4cccc(-c5ccccc5)c4)c4ccc5c(c4)oc4cc6ncccc6cc45)c3)cc2)cc1. The van der Waals surface area contributed by atoms with Gasteiger partial charge in [0.1, 0.15) is 11.2 Å². The fourth-order valence-corrected chi connectivity index (χ4v) is 6.68. The van der Waals surface area contributed by atoms with Gasteiger partial charge >= 0.3 is 0 Å². The summed E-state index contributed by atoms with van der Waals surface area (Å²) in [6, 6.07) is 62.2. The second-order valence-electron chi connectivity index (χ2n) is 12.1. The fraction of sp³-hybridized carbons (Fsp3) is 0. The van der Waals surface area contributed by atoms with Crippen molar-refractivity contribution in [3.05, 3.63) is 182 Å². The highest BCUT2D eigenvalue weighted by molar-refractivity contribution is 6.10. The Morgan fingerprint density at radius 1 is 0.375 bits per heavy atom. The van der Waals surface area contributed by atoms with E-state index in [1.807, 2.05) is 18.3 Å². The molecule has 9 rings (SSSR count). The zero-order chi connectivity index (χ0) is 31.9. The summed E-state index contributed by atoms with van der Waals surface area (Å²) in [5.74, 6) is 0. The van der Waals surface area contributed by atoms with Gasteiger partial charge in [-0.15, -0.1) is 0 Å². The lowest BCUT2D eigenvalue weighted by atomic mass is 9.99. The Bertz CT molecular complexity index is 2550. The van der Waals surface area contributed by atoms with E-state index in [2.05, 4.69) is 174 Å². The fourth-order valence-electron chi connectivity index (χ4n) is 6.68. The van der Waals surface area contributed by atoms with Gasteiger partial charge in [0.15, 0.2) is 0 Å². The van der Waals surface area contributed by atoms with Crippen LogP contribution in [0.4, 0.5) is 17.1 Å². The number of hydrogen-bond acceptors (Lipinski definition) is 3. The van der Waals surface area contributed by atoms with E-state index in [9.17, 15) is 0 Å². The van der Waals surface area contributed by atoms with Crippen LogP contribution in [0.15, 0.2) is 187 Å². The molecule has 3 nitrogen and oxygen atoms in total. The lowest BCUT2D eigenvalue weighted by molar-refractivity contribution is 0.669. The first-order valence-electron chi connectivity index (χ1n) is 16.2. The molecule has 48 heavy (non-hydrogen) atoms. The summed E-state index contributed by atoms with van der Waals surface area (Å²) in [6.45, 7) is 0. The second kappa shape index (κ2) is 11.7. The molecule has 3 heteroatoms. The number of benzene rings is 7. The van der Waals surface area contributed by atoms with E-state index in [0.29, 0.717) is 0 Å². The zero-order valence-corrected chi connectivity index (χ0v) is 26.1. The summed E-state index contributed by atoms with van der Waals surface area (Å²) in [5, 5.41) is 3.28. The van der Waals surface area contributed by atoms with Crippen LogP contribution >= 0.6 is 0 Å². The molecule has 0 amide bonds. The predicted molar refractivity (Wildman–Crippen MR) is 200 cm³/mol. The first-order valence-corrected chi connectivity index (χ1v) is 16.2. The number of hydrogen-bond donors (Lipinski definition) is 0. The minimum atomic E-state index is 0.840. The van der Waals surface area contributed by atoms with Gasteiger partial charge in [-0.25, -0.2) is 0 Å². The van der Waals surface area contributed by atoms with Crippen molar-refractivity contribution >= 4 is 49.9 Å². The van der Waals surface area contributed by atoms with Crippen molar-refractivity contribution in [3.8, 4) is 33.4 Å². The zero-order valence-electron chi connectivity index (χ0n) is 26.1. The van der Waals surface area contributed by atoms with Crippen molar-refractivity contribution in [2.75, 3.05) is 4.90 Å². The third-order valence-corrected chi connectivity index (χ3v) is 9.08. The van der Waals surface area contributed by atoms with Crippen LogP contribution in [0.2, 0.25) is 0 Å². The smallest absolute Gasteiger partial charge is 0.137 e. The first kappa shape index (κ1) is 27.8. The molecular formula is C45H30N2O. The molecule has 0 aliphatic heterocycles. The van der Waals surface area contributed by atoms with Gasteiger partial charge in [-0.2, -0.15) is 0 Å². The molecule has 0 aliphatic rings. The van der Waals surface area contributed by atoms with Gasteiger partial charge in [-0.3, -0.25) is 4.98 Å². The Kier molecular flexibility index (Phi) is 6.80. The van der Waals surface area contributed by atoms with Gasteiger partial charge in [-0.05, 0) is 81.9 Å². The maximum absolute atomic E-state index is 6.49. The monoisotopic (exact) mass is 614 g/mol. The van der Waals surface area contributed by atoms with Gasteiger partial charge in [0.25, 0.3) is 0 Å². The molecular weight excluding hydrogens is 585 g/mol. The number of pyridine rings is 1. The van der Waals surface area contributed by atoms with Crippen LogP contribution in [0.1, 0.15) is 0 Å². The summed E-state index contributed by atoms with van der Waals surface area (Å²) in [6.07, 6.45) is 1.82. The van der Waals surface area contributed by atoms with Crippen LogP contribution in [0, 0.1) is 0 Å². The molecule has 0 saturated carbocycles. The molecule has 2 heterocycles. The molecule has 226 valence electrons. The first-order chi connectivity index (χ1) is 23.8. The van der Waals surface area contributed by atoms with E-state index < -0.39 is 0 Å². The van der Waals surface area contributed by atoms with Crippen molar-refractivity contribution in [2.24, 2.45) is 0 Å². The highest BCUT2D eigenvalue weighted by Gasteiger charge is 2.17. The highest BCUT2D eigenvalue weighted by atomic mass is 16.3. The summed E-state index contributed by atoms with van der Waals surface area (Å²) in [7, 11) is 0. The summed E-state index contributed by atoms with van der Waals surface area (Å²) in [5.41, 5.74) is 12.8. The molecule has 0 saturated heterocycles. The van der Waals surface area contributed by atoms with E-state index in [4.69, 9.17) is 4.42 Å². The van der Waals surface area contributed by atoms with E-state index >= 15 is 0 Å². The second-order valence-corrected chi connectivity index (χ2v) is 12.1. The Hall–Kier alpha value is -6.45. The molecule has 0 bridgehead atoms. The van der Waals surface area contributed by atoms with Gasteiger partial charge in [0.2, 0.25) is 0 Å². The van der Waals surface area contributed by atoms with Gasteiger partial charge in [0.05, 0.1) is 5.52 Å². The van der Waals surface area contributed by atoms with Crippen LogP contribution in [-0.4, -0.2) is 4.98 Å². The topological polar surface area (TPSA) is 29.3 Å². The molecule has 0 N–H and O–H groups in total. The average Bonchev–Trinajstić information content (AvgIpc) is 3.51. The number of fused-ring (bicyclic) bond motifs is 4. The molecule has 0 aliphatic carbocycles. The third kappa shape index (κ3) is 5.08. The Balaban J connectivity index is 1.18. The van der Waals surface area contributed by atoms with Crippen LogP contribution in [0.25, 0.3) is 66.2 Å². The quantitative estimate of drug-likeness (QED) is 0.187. The molecule has 0 spiro atoms. The lowest BCUT2D eigenvalue weighted by Crippen LogP contribution is -2.10. The largest absolute Gasteiger partial charge is 0.456 e. The van der Waals surface area contributed by atoms with Crippen molar-refractivity contribution in [2.45, 2.75) is 0 Å². The minimum absolute atomic E-state index is 0.840. The van der Waals surface area contributed by atoms with Crippen LogP contribution in [-0.2, 0) is 0 Å². The average molecular weight is 615 g/mol. The molecule has 0 radical (unpaired) electrons. The van der Waals surface area contributed by atoms with Crippen LogP contribution in [0.3, 0.4) is 0 Å². The Morgan fingerprint density at radius 3 is 1.58 bits per heavy atom. The van der Waals surface area contributed by atoms with Crippen molar-refractivity contribution in [1.29, 1.82) is 0 Å². The van der Waals surface area contributed by atoms with E-state index in [0.717, 1.165) is 61.0 Å². The van der Waals surface area contributed by atoms with Crippen LogP contribution < -0.4 is 4.90 Å². The maximum atomic E-state index is 6.49. The molecule has 2 aromatic heterocycles. The minimum Gasteiger partial charge on any atom is -0.456 e. The maximum Gasteiger partial charge on any atom is 0.137 e. The van der Waals surface area contributed by atoms with Crippen molar-refractivity contribution < 1.29 is 4.42 Å². The van der Waals surface area contributed by atoms with E-state index in [1.54, 1.807) is 0 Å². The molecule has 7 aromatic carbocycles. The summed E-state index contributed by atoms with van der Waals surface area (Å²) in [4.78, 5) is 6.86. The third-order valence-electron chi connectivity index (χ3n) is 9.08. The van der Waals surface area contributed by atoms with Gasteiger partial charge in [0, 0.05) is 51.6 Å². The predicted octanol–water partition coefficient (Wildman–Crippen LogP) is 12.6. The van der Waals surface area contributed by atoms with Crippen LogP contribution in [0.5, 0.6) is 0 Å². The summed E-state index contributed by atoms with van der Waals surface area (Å²) >= 11 is 0. The van der Waals surface area contributed by atoms with Gasteiger partial charge in [-0.1, -0.05) is 115 Å². The van der Waals surface area contributed by atoms with Gasteiger partial charge < -0.3 is 9.32 Å². The molecule has 0 atom stereocenters. The number of aromatic nitrogens is 1. The number of furan rings is 1.